The van der Waals surface area contributed by atoms with Crippen LogP contribution in [0.2, 0.25) is 0 Å². The number of halogens is 1. The molecule has 6 heteroatoms. The third-order valence-corrected chi connectivity index (χ3v) is 2.60. The summed E-state index contributed by atoms with van der Waals surface area (Å²) in [6.07, 6.45) is 0.816. The zero-order valence-electron chi connectivity index (χ0n) is 10.4. The predicted octanol–water partition coefficient (Wildman–Crippen LogP) is 2.59. The maximum absolute atomic E-state index is 13.7. The highest BCUT2D eigenvalue weighted by Gasteiger charge is 2.13. The Kier molecular flexibility index (Phi) is 3.89. The number of carbonyl (C=O) groups is 1. The largest absolute Gasteiger partial charge is 0.481 e. The van der Waals surface area contributed by atoms with Gasteiger partial charge in [0.15, 0.2) is 0 Å². The van der Waals surface area contributed by atoms with Crippen LogP contribution in [0, 0.1) is 12.7 Å². The molecule has 0 radical (unpaired) electrons. The Bertz CT molecular complexity index is 595. The number of aryl methyl sites for hydroxylation is 2. The maximum atomic E-state index is 13.7. The van der Waals surface area contributed by atoms with E-state index in [9.17, 15) is 9.18 Å². The van der Waals surface area contributed by atoms with Crippen molar-refractivity contribution in [2.24, 2.45) is 0 Å². The van der Waals surface area contributed by atoms with Crippen LogP contribution in [0.15, 0.2) is 22.6 Å². The van der Waals surface area contributed by atoms with E-state index >= 15 is 0 Å². The zero-order chi connectivity index (χ0) is 13.8. The topological polar surface area (TPSA) is 76.2 Å². The maximum Gasteiger partial charge on any atom is 0.303 e. The third-order valence-electron chi connectivity index (χ3n) is 2.60. The Morgan fingerprint density at radius 3 is 2.89 bits per heavy atom. The fourth-order valence-electron chi connectivity index (χ4n) is 1.65. The quantitative estimate of drug-likeness (QED) is 0.898. The minimum absolute atomic E-state index is 0.0383. The first kappa shape index (κ1) is 13.2. The number of carboxylic acids is 1. The van der Waals surface area contributed by atoms with Crippen LogP contribution in [0.5, 0.6) is 0 Å². The molecule has 0 amide bonds. The van der Waals surface area contributed by atoms with E-state index in [0.29, 0.717) is 18.7 Å². The number of hydrogen-bond acceptors (Lipinski definition) is 4. The summed E-state index contributed by atoms with van der Waals surface area (Å²) < 4.78 is 19.0. The fourth-order valence-corrected chi connectivity index (χ4v) is 1.65. The second kappa shape index (κ2) is 5.60. The van der Waals surface area contributed by atoms with Gasteiger partial charge in [0.25, 0.3) is 5.89 Å². The molecule has 0 bridgehead atoms. The van der Waals surface area contributed by atoms with E-state index in [-0.39, 0.29) is 17.9 Å². The number of nitrogens with zero attached hydrogens (tertiary/aromatic N) is 2. The van der Waals surface area contributed by atoms with Gasteiger partial charge in [0.05, 0.1) is 5.56 Å². The summed E-state index contributed by atoms with van der Waals surface area (Å²) in [6.45, 7) is 1.79. The molecule has 2 rings (SSSR count). The molecule has 1 heterocycles. The average molecular weight is 264 g/mol. The Labute approximate surface area is 109 Å². The van der Waals surface area contributed by atoms with E-state index in [1.807, 2.05) is 0 Å². The van der Waals surface area contributed by atoms with Crippen molar-refractivity contribution in [1.82, 2.24) is 10.2 Å². The molecule has 0 saturated carbocycles. The lowest BCUT2D eigenvalue weighted by atomic mass is 10.1. The summed E-state index contributed by atoms with van der Waals surface area (Å²) in [5.74, 6) is -0.857. The van der Waals surface area contributed by atoms with Gasteiger partial charge in [-0.1, -0.05) is 6.07 Å². The molecule has 1 aromatic carbocycles. The first-order chi connectivity index (χ1) is 9.06. The smallest absolute Gasteiger partial charge is 0.303 e. The summed E-state index contributed by atoms with van der Waals surface area (Å²) in [7, 11) is 0. The van der Waals surface area contributed by atoms with E-state index < -0.39 is 11.8 Å². The number of aromatic nitrogens is 2. The van der Waals surface area contributed by atoms with Gasteiger partial charge in [-0.2, -0.15) is 0 Å². The van der Waals surface area contributed by atoms with Crippen molar-refractivity contribution in [3.8, 4) is 11.5 Å². The highest BCUT2D eigenvalue weighted by atomic mass is 19.1. The van der Waals surface area contributed by atoms with E-state index in [0.717, 1.165) is 5.56 Å². The minimum atomic E-state index is -0.871. The Morgan fingerprint density at radius 2 is 2.21 bits per heavy atom. The van der Waals surface area contributed by atoms with Crippen LogP contribution in [0.1, 0.15) is 24.3 Å². The summed E-state index contributed by atoms with van der Waals surface area (Å²) >= 11 is 0. The normalized spacial score (nSPS) is 10.6. The van der Waals surface area contributed by atoms with Gasteiger partial charge < -0.3 is 9.52 Å². The molecule has 0 aliphatic rings. The molecular formula is C13H13FN2O3. The van der Waals surface area contributed by atoms with Crippen molar-refractivity contribution in [3.05, 3.63) is 35.5 Å². The van der Waals surface area contributed by atoms with Crippen LogP contribution in [0.25, 0.3) is 11.5 Å². The number of carboxylic acid groups (broad SMARTS) is 1. The van der Waals surface area contributed by atoms with Crippen molar-refractivity contribution >= 4 is 5.97 Å². The molecule has 0 atom stereocenters. The summed E-state index contributed by atoms with van der Waals surface area (Å²) in [4.78, 5) is 10.4. The number of benzene rings is 1. The van der Waals surface area contributed by atoms with Gasteiger partial charge in [0.1, 0.15) is 5.82 Å². The van der Waals surface area contributed by atoms with Gasteiger partial charge in [-0.05, 0) is 31.0 Å². The first-order valence-electron chi connectivity index (χ1n) is 5.87. The first-order valence-corrected chi connectivity index (χ1v) is 5.87. The second-order valence-electron chi connectivity index (χ2n) is 4.23. The lowest BCUT2D eigenvalue weighted by molar-refractivity contribution is -0.137. The molecule has 0 fully saturated rings. The summed E-state index contributed by atoms with van der Waals surface area (Å²) in [5.41, 5.74) is 1.06. The molecule has 0 spiro atoms. The van der Waals surface area contributed by atoms with E-state index in [1.165, 1.54) is 6.07 Å². The molecule has 0 aliphatic carbocycles. The zero-order valence-corrected chi connectivity index (χ0v) is 10.4. The SMILES string of the molecule is Cc1ccc(-c2nnc(CCCC(=O)O)o2)c(F)c1. The Morgan fingerprint density at radius 1 is 1.42 bits per heavy atom. The average Bonchev–Trinajstić information content (AvgIpc) is 2.77. The van der Waals surface area contributed by atoms with Gasteiger partial charge in [-0.15, -0.1) is 10.2 Å². The molecule has 0 unspecified atom stereocenters. The monoisotopic (exact) mass is 264 g/mol. The molecule has 0 saturated heterocycles. The highest BCUT2D eigenvalue weighted by molar-refractivity contribution is 5.66. The number of rotatable bonds is 5. The summed E-state index contributed by atoms with van der Waals surface area (Å²) in [5, 5.41) is 16.1. The van der Waals surface area contributed by atoms with E-state index in [4.69, 9.17) is 9.52 Å². The third kappa shape index (κ3) is 3.37. The molecule has 1 N–H and O–H groups in total. The fraction of sp³-hybridized carbons (Fsp3) is 0.308. The number of aliphatic carboxylic acids is 1. The molecule has 2 aromatic rings. The van der Waals surface area contributed by atoms with Crippen LogP contribution >= 0.6 is 0 Å². The van der Waals surface area contributed by atoms with Crippen molar-refractivity contribution in [3.63, 3.8) is 0 Å². The van der Waals surface area contributed by atoms with Gasteiger partial charge in [-0.25, -0.2) is 4.39 Å². The van der Waals surface area contributed by atoms with Gasteiger partial charge in [0, 0.05) is 12.8 Å². The van der Waals surface area contributed by atoms with Crippen molar-refractivity contribution in [1.29, 1.82) is 0 Å². The van der Waals surface area contributed by atoms with Crippen LogP contribution in [0.4, 0.5) is 4.39 Å². The van der Waals surface area contributed by atoms with E-state index in [2.05, 4.69) is 10.2 Å². The van der Waals surface area contributed by atoms with Gasteiger partial charge in [0.2, 0.25) is 5.89 Å². The minimum Gasteiger partial charge on any atom is -0.481 e. The predicted molar refractivity (Wildman–Crippen MR) is 65.0 cm³/mol. The highest BCUT2D eigenvalue weighted by Crippen LogP contribution is 2.22. The lowest BCUT2D eigenvalue weighted by Gasteiger charge is -1.98. The van der Waals surface area contributed by atoms with Crippen molar-refractivity contribution in [2.75, 3.05) is 0 Å². The van der Waals surface area contributed by atoms with Crippen molar-refractivity contribution < 1.29 is 18.7 Å². The van der Waals surface area contributed by atoms with Gasteiger partial charge >= 0.3 is 5.97 Å². The molecular weight excluding hydrogens is 251 g/mol. The van der Waals surface area contributed by atoms with Crippen LogP contribution in [-0.2, 0) is 11.2 Å². The van der Waals surface area contributed by atoms with Gasteiger partial charge in [-0.3, -0.25) is 4.79 Å². The molecule has 1 aromatic heterocycles. The molecule has 100 valence electrons. The van der Waals surface area contributed by atoms with Crippen LogP contribution in [-0.4, -0.2) is 21.3 Å². The summed E-state index contributed by atoms with van der Waals surface area (Å²) in [6, 6.07) is 4.73. The molecule has 0 aliphatic heterocycles. The molecule has 19 heavy (non-hydrogen) atoms. The Balaban J connectivity index is 2.10. The van der Waals surface area contributed by atoms with E-state index in [1.54, 1.807) is 19.1 Å². The number of hydrogen-bond donors (Lipinski definition) is 1. The van der Waals surface area contributed by atoms with Crippen LogP contribution < -0.4 is 0 Å². The van der Waals surface area contributed by atoms with Crippen LogP contribution in [0.3, 0.4) is 0 Å². The standard InChI is InChI=1S/C13H13FN2O3/c1-8-5-6-9(10(14)7-8)13-16-15-11(19-13)3-2-4-12(17)18/h5-7H,2-4H2,1H3,(H,17,18). The second-order valence-corrected chi connectivity index (χ2v) is 4.23. The lowest BCUT2D eigenvalue weighted by Crippen LogP contribution is -1.95. The molecule has 5 nitrogen and oxygen atoms in total. The van der Waals surface area contributed by atoms with Crippen molar-refractivity contribution in [2.45, 2.75) is 26.2 Å². The Hall–Kier alpha value is -2.24.